The maximum Gasteiger partial charge on any atom is 0.240 e. The van der Waals surface area contributed by atoms with E-state index in [1.54, 1.807) is 48.5 Å². The van der Waals surface area contributed by atoms with E-state index in [4.69, 9.17) is 14.2 Å². The number of aromatic nitrogens is 1. The number of rotatable bonds is 8. The number of alkyl halides is 1. The first-order valence-corrected chi connectivity index (χ1v) is 12.4. The van der Waals surface area contributed by atoms with Crippen molar-refractivity contribution in [2.45, 2.75) is 31.9 Å². The van der Waals surface area contributed by atoms with Gasteiger partial charge in [0.1, 0.15) is 22.6 Å². The lowest BCUT2D eigenvalue weighted by Crippen LogP contribution is -2.39. The highest BCUT2D eigenvalue weighted by Gasteiger charge is 2.56. The molecule has 2 aliphatic carbocycles. The molecule has 1 saturated carbocycles. The number of benzene rings is 2. The number of halogens is 1. The Morgan fingerprint density at radius 3 is 2.26 bits per heavy atom. The number of nitrogens with one attached hydrogen (secondary N) is 2. The van der Waals surface area contributed by atoms with E-state index in [-0.39, 0.29) is 6.42 Å². The van der Waals surface area contributed by atoms with Crippen LogP contribution in [0.3, 0.4) is 0 Å². The minimum Gasteiger partial charge on any atom is -0.618 e. The SMILES string of the molecule is COc1cc2c(Oc3ccc(NC(=O)C4(C(=O)NC5=CCC(C)(F)C=C5)CC4)cc3)cc[n+]([O-])c2cc1OC. The number of carbonyl (C=O) groups excluding carboxylic acids is 2. The molecule has 2 aromatic carbocycles. The molecule has 1 fully saturated rings. The molecular weight excluding hydrogens is 505 g/mol. The van der Waals surface area contributed by atoms with E-state index in [0.29, 0.717) is 62.9 Å². The molecule has 1 atom stereocenters. The number of ether oxygens (including phenoxy) is 3. The zero-order valence-corrected chi connectivity index (χ0v) is 21.7. The second kappa shape index (κ2) is 9.94. The lowest BCUT2D eigenvalue weighted by atomic mass is 9.97. The van der Waals surface area contributed by atoms with Gasteiger partial charge in [0.05, 0.1) is 25.7 Å². The molecule has 0 aliphatic heterocycles. The minimum absolute atomic E-state index is 0.157. The Morgan fingerprint density at radius 2 is 1.64 bits per heavy atom. The third-order valence-corrected chi connectivity index (χ3v) is 6.91. The van der Waals surface area contributed by atoms with Gasteiger partial charge in [0.25, 0.3) is 0 Å². The molecule has 10 heteroatoms. The smallest absolute Gasteiger partial charge is 0.240 e. The molecule has 2 amide bonds. The summed E-state index contributed by atoms with van der Waals surface area (Å²) in [6, 6.07) is 11.5. The van der Waals surface area contributed by atoms with Crippen LogP contribution in [0, 0.1) is 10.6 Å². The molecular formula is C29H28FN3O6. The Hall–Kier alpha value is -4.60. The first kappa shape index (κ1) is 26.0. The quantitative estimate of drug-likeness (QED) is 0.247. The number of nitrogens with zero attached hydrogens (tertiary/aromatic N) is 1. The van der Waals surface area contributed by atoms with Crippen molar-refractivity contribution in [3.8, 4) is 23.0 Å². The predicted molar refractivity (Wildman–Crippen MR) is 142 cm³/mol. The number of hydrogen-bond acceptors (Lipinski definition) is 6. The van der Waals surface area contributed by atoms with Crippen LogP contribution in [0.1, 0.15) is 26.2 Å². The van der Waals surface area contributed by atoms with E-state index in [2.05, 4.69) is 10.6 Å². The Morgan fingerprint density at radius 1 is 0.974 bits per heavy atom. The molecule has 9 nitrogen and oxygen atoms in total. The maximum atomic E-state index is 14.0. The summed E-state index contributed by atoms with van der Waals surface area (Å²) in [6.45, 7) is 1.46. The number of hydrogen-bond donors (Lipinski definition) is 2. The van der Waals surface area contributed by atoms with Crippen molar-refractivity contribution in [1.82, 2.24) is 5.32 Å². The molecule has 5 rings (SSSR count). The molecule has 0 radical (unpaired) electrons. The van der Waals surface area contributed by atoms with Gasteiger partial charge < -0.3 is 30.1 Å². The van der Waals surface area contributed by atoms with Gasteiger partial charge >= 0.3 is 0 Å². The van der Waals surface area contributed by atoms with Crippen molar-refractivity contribution in [2.24, 2.45) is 5.41 Å². The van der Waals surface area contributed by atoms with E-state index in [0.717, 1.165) is 0 Å². The van der Waals surface area contributed by atoms with Crippen molar-refractivity contribution in [1.29, 1.82) is 0 Å². The Bertz CT molecular complexity index is 1510. The summed E-state index contributed by atoms with van der Waals surface area (Å²) >= 11 is 0. The van der Waals surface area contributed by atoms with Crippen LogP contribution in [0.2, 0.25) is 0 Å². The van der Waals surface area contributed by atoms with Crippen LogP contribution in [-0.4, -0.2) is 31.7 Å². The number of allylic oxidation sites excluding steroid dienone is 3. The normalized spacial score (nSPS) is 19.1. The molecule has 39 heavy (non-hydrogen) atoms. The highest BCUT2D eigenvalue weighted by molar-refractivity contribution is 6.13. The molecule has 1 unspecified atom stereocenters. The van der Waals surface area contributed by atoms with Crippen LogP contribution < -0.4 is 29.6 Å². The number of methoxy groups -OCH3 is 2. The summed E-state index contributed by atoms with van der Waals surface area (Å²) in [5.74, 6) is 0.971. The van der Waals surface area contributed by atoms with Crippen LogP contribution in [0.4, 0.5) is 10.1 Å². The third-order valence-electron chi connectivity index (χ3n) is 6.91. The van der Waals surface area contributed by atoms with Crippen LogP contribution in [0.5, 0.6) is 23.0 Å². The van der Waals surface area contributed by atoms with Crippen LogP contribution in [0.25, 0.3) is 10.9 Å². The molecule has 1 aromatic heterocycles. The summed E-state index contributed by atoms with van der Waals surface area (Å²) in [5.41, 5.74) is -1.26. The molecule has 2 N–H and O–H groups in total. The molecule has 2 aliphatic rings. The topological polar surface area (TPSA) is 113 Å². The zero-order valence-electron chi connectivity index (χ0n) is 21.7. The monoisotopic (exact) mass is 533 g/mol. The second-order valence-electron chi connectivity index (χ2n) is 9.82. The van der Waals surface area contributed by atoms with Gasteiger partial charge in [0.15, 0.2) is 17.7 Å². The highest BCUT2D eigenvalue weighted by Crippen LogP contribution is 2.47. The average Bonchev–Trinajstić information content (AvgIpc) is 3.74. The summed E-state index contributed by atoms with van der Waals surface area (Å²) < 4.78 is 31.4. The largest absolute Gasteiger partial charge is 0.618 e. The van der Waals surface area contributed by atoms with Crippen molar-refractivity contribution in [2.75, 3.05) is 19.5 Å². The van der Waals surface area contributed by atoms with E-state index in [1.165, 1.54) is 39.5 Å². The molecule has 0 spiro atoms. The van der Waals surface area contributed by atoms with Gasteiger partial charge in [-0.15, -0.1) is 0 Å². The van der Waals surface area contributed by atoms with Crippen LogP contribution in [0.15, 0.2) is 72.6 Å². The van der Waals surface area contributed by atoms with Gasteiger partial charge in [0, 0.05) is 29.9 Å². The number of anilines is 1. The predicted octanol–water partition coefficient (Wildman–Crippen LogP) is 4.69. The first-order chi connectivity index (χ1) is 18.6. The minimum atomic E-state index is -1.44. The van der Waals surface area contributed by atoms with E-state index in [1.807, 2.05) is 0 Å². The Labute approximate surface area is 224 Å². The fourth-order valence-corrected chi connectivity index (χ4v) is 4.36. The molecule has 3 aromatic rings. The van der Waals surface area contributed by atoms with Gasteiger partial charge in [-0.25, -0.2) is 4.39 Å². The first-order valence-electron chi connectivity index (χ1n) is 12.4. The summed E-state index contributed by atoms with van der Waals surface area (Å²) in [6.07, 6.45) is 6.89. The van der Waals surface area contributed by atoms with Gasteiger partial charge in [-0.1, -0.05) is 6.08 Å². The Balaban J connectivity index is 1.27. The third kappa shape index (κ3) is 5.22. The van der Waals surface area contributed by atoms with Crippen LogP contribution in [-0.2, 0) is 9.59 Å². The van der Waals surface area contributed by atoms with Gasteiger partial charge in [-0.2, -0.15) is 4.73 Å². The van der Waals surface area contributed by atoms with Crippen molar-refractivity contribution in [3.05, 3.63) is 77.8 Å². The van der Waals surface area contributed by atoms with Gasteiger partial charge in [0.2, 0.25) is 17.3 Å². The van der Waals surface area contributed by atoms with Crippen LogP contribution >= 0.6 is 0 Å². The lowest BCUT2D eigenvalue weighted by molar-refractivity contribution is -0.577. The molecule has 202 valence electrons. The molecule has 0 saturated heterocycles. The summed E-state index contributed by atoms with van der Waals surface area (Å²) in [5, 5.41) is 18.4. The van der Waals surface area contributed by atoms with E-state index < -0.39 is 22.9 Å². The Kier molecular flexibility index (Phi) is 6.63. The van der Waals surface area contributed by atoms with Gasteiger partial charge in [-0.3, -0.25) is 9.59 Å². The second-order valence-corrected chi connectivity index (χ2v) is 9.82. The van der Waals surface area contributed by atoms with Gasteiger partial charge in [-0.05, 0) is 56.2 Å². The fourth-order valence-electron chi connectivity index (χ4n) is 4.36. The van der Waals surface area contributed by atoms with Crippen molar-refractivity contribution >= 4 is 28.4 Å². The maximum absolute atomic E-state index is 14.0. The summed E-state index contributed by atoms with van der Waals surface area (Å²) in [7, 11) is 3.00. The number of fused-ring (bicyclic) bond motifs is 1. The fraction of sp³-hybridized carbons (Fsp3) is 0.276. The molecule has 1 heterocycles. The summed E-state index contributed by atoms with van der Waals surface area (Å²) in [4.78, 5) is 25.9. The number of carbonyl (C=O) groups is 2. The van der Waals surface area contributed by atoms with E-state index in [9.17, 15) is 19.2 Å². The zero-order chi connectivity index (χ0) is 27.8. The van der Waals surface area contributed by atoms with Crippen molar-refractivity contribution < 1.29 is 32.9 Å². The van der Waals surface area contributed by atoms with E-state index >= 15 is 0 Å². The standard InChI is InChI=1S/C29H28FN3O6/c1-28(30)11-8-19(9-12-28)32-27(35)29(13-14-29)26(34)31-18-4-6-20(7-5-18)39-23-10-15-33(36)22-17-25(38-3)24(37-2)16-21(22)23/h4-11,15-17H,12-14H2,1-3H3,(H,31,34)(H,32,35). The number of amides is 2. The van der Waals surface area contributed by atoms with Crippen molar-refractivity contribution in [3.63, 3.8) is 0 Å². The number of pyridine rings is 1. The molecule has 0 bridgehead atoms. The lowest BCUT2D eigenvalue weighted by Gasteiger charge is -2.21. The average molecular weight is 534 g/mol. The highest BCUT2D eigenvalue weighted by atomic mass is 19.1.